The number of benzene rings is 2. The second-order valence-corrected chi connectivity index (χ2v) is 6.29. The van der Waals surface area contributed by atoms with E-state index in [0.29, 0.717) is 5.92 Å². The number of hydrogen-bond acceptors (Lipinski definition) is 2. The normalized spacial score (nSPS) is 13.8. The van der Waals surface area contributed by atoms with Crippen LogP contribution in [0, 0.1) is 0 Å². The second-order valence-electron chi connectivity index (χ2n) is 6.29. The van der Waals surface area contributed by atoms with E-state index >= 15 is 0 Å². The minimum Gasteiger partial charge on any atom is -0.484 e. The van der Waals surface area contributed by atoms with Gasteiger partial charge in [-0.15, -0.1) is 0 Å². The molecule has 2 aromatic rings. The van der Waals surface area contributed by atoms with E-state index in [-0.39, 0.29) is 12.5 Å². The van der Waals surface area contributed by atoms with E-state index in [2.05, 4.69) is 26.0 Å². The van der Waals surface area contributed by atoms with Crippen molar-refractivity contribution in [2.75, 3.05) is 18.1 Å². The summed E-state index contributed by atoms with van der Waals surface area (Å²) in [5, 5.41) is 0. The topological polar surface area (TPSA) is 29.5 Å². The molecule has 0 N–H and O–H groups in total. The van der Waals surface area contributed by atoms with E-state index in [1.54, 1.807) is 0 Å². The van der Waals surface area contributed by atoms with Crippen LogP contribution in [0.2, 0.25) is 0 Å². The van der Waals surface area contributed by atoms with E-state index in [1.165, 1.54) is 11.1 Å². The van der Waals surface area contributed by atoms with Gasteiger partial charge in [-0.25, -0.2) is 0 Å². The number of amides is 1. The van der Waals surface area contributed by atoms with Crippen molar-refractivity contribution in [1.29, 1.82) is 0 Å². The first-order valence-electron chi connectivity index (χ1n) is 8.26. The van der Waals surface area contributed by atoms with Gasteiger partial charge in [-0.2, -0.15) is 0 Å². The summed E-state index contributed by atoms with van der Waals surface area (Å²) in [6.07, 6.45) is 2.04. The van der Waals surface area contributed by atoms with Gasteiger partial charge in [0.25, 0.3) is 5.91 Å². The number of anilines is 1. The number of hydrogen-bond donors (Lipinski definition) is 0. The number of ether oxygens (including phenoxy) is 1. The summed E-state index contributed by atoms with van der Waals surface area (Å²) in [5.74, 6) is 1.23. The molecule has 1 amide bonds. The number of fused-ring (bicyclic) bond motifs is 1. The third-order valence-corrected chi connectivity index (χ3v) is 4.30. The molecule has 0 aliphatic carbocycles. The van der Waals surface area contributed by atoms with Gasteiger partial charge in [0.1, 0.15) is 5.75 Å². The van der Waals surface area contributed by atoms with Crippen molar-refractivity contribution < 1.29 is 9.53 Å². The van der Waals surface area contributed by atoms with Crippen molar-refractivity contribution in [1.82, 2.24) is 0 Å². The van der Waals surface area contributed by atoms with Crippen molar-refractivity contribution >= 4 is 11.6 Å². The van der Waals surface area contributed by atoms with Crippen LogP contribution in [0.3, 0.4) is 0 Å². The van der Waals surface area contributed by atoms with Gasteiger partial charge in [0.15, 0.2) is 6.61 Å². The largest absolute Gasteiger partial charge is 0.484 e. The van der Waals surface area contributed by atoms with Crippen molar-refractivity contribution in [3.63, 3.8) is 0 Å². The van der Waals surface area contributed by atoms with Gasteiger partial charge in [0, 0.05) is 12.2 Å². The number of carbonyl (C=O) groups is 1. The highest BCUT2D eigenvalue weighted by molar-refractivity contribution is 5.95. The molecule has 0 atom stereocenters. The van der Waals surface area contributed by atoms with E-state index in [9.17, 15) is 4.79 Å². The molecule has 0 saturated carbocycles. The van der Waals surface area contributed by atoms with Gasteiger partial charge in [-0.1, -0.05) is 44.2 Å². The zero-order chi connectivity index (χ0) is 16.2. The Morgan fingerprint density at radius 3 is 2.83 bits per heavy atom. The molecular weight excluding hydrogens is 286 g/mol. The molecule has 0 saturated heterocycles. The highest BCUT2D eigenvalue weighted by Crippen LogP contribution is 2.27. The zero-order valence-corrected chi connectivity index (χ0v) is 13.8. The Labute approximate surface area is 137 Å². The van der Waals surface area contributed by atoms with E-state index < -0.39 is 0 Å². The van der Waals surface area contributed by atoms with E-state index in [0.717, 1.165) is 30.8 Å². The fourth-order valence-electron chi connectivity index (χ4n) is 2.98. The van der Waals surface area contributed by atoms with Crippen LogP contribution in [-0.4, -0.2) is 19.1 Å². The molecule has 3 nitrogen and oxygen atoms in total. The van der Waals surface area contributed by atoms with Crippen molar-refractivity contribution in [3.05, 3.63) is 59.7 Å². The lowest BCUT2D eigenvalue weighted by Gasteiger charge is -2.29. The van der Waals surface area contributed by atoms with Crippen LogP contribution < -0.4 is 9.64 Å². The Balaban J connectivity index is 1.68. The van der Waals surface area contributed by atoms with Gasteiger partial charge >= 0.3 is 0 Å². The Kier molecular flexibility index (Phi) is 4.65. The summed E-state index contributed by atoms with van der Waals surface area (Å²) in [6.45, 7) is 5.14. The molecule has 1 aliphatic heterocycles. The molecule has 3 heteroatoms. The average molecular weight is 309 g/mol. The monoisotopic (exact) mass is 309 g/mol. The maximum atomic E-state index is 12.6. The molecule has 1 heterocycles. The average Bonchev–Trinajstić information content (AvgIpc) is 2.59. The van der Waals surface area contributed by atoms with Crippen LogP contribution in [0.4, 0.5) is 5.69 Å². The Hall–Kier alpha value is -2.29. The van der Waals surface area contributed by atoms with Gasteiger partial charge in [-0.05, 0) is 48.1 Å². The maximum Gasteiger partial charge on any atom is 0.264 e. The van der Waals surface area contributed by atoms with Crippen LogP contribution in [0.5, 0.6) is 5.75 Å². The zero-order valence-electron chi connectivity index (χ0n) is 13.8. The molecule has 0 radical (unpaired) electrons. The minimum atomic E-state index is 0.0205. The molecular formula is C20H23NO2. The molecule has 0 unspecified atom stereocenters. The summed E-state index contributed by atoms with van der Waals surface area (Å²) < 4.78 is 5.74. The first-order chi connectivity index (χ1) is 11.1. The fraction of sp³-hybridized carbons (Fsp3) is 0.350. The molecule has 120 valence electrons. The molecule has 0 fully saturated rings. The van der Waals surface area contributed by atoms with Crippen molar-refractivity contribution in [2.24, 2.45) is 0 Å². The molecule has 0 spiro atoms. The van der Waals surface area contributed by atoms with Crippen LogP contribution in [-0.2, 0) is 11.2 Å². The van der Waals surface area contributed by atoms with Crippen LogP contribution in [0.1, 0.15) is 37.3 Å². The number of nitrogens with zero attached hydrogens (tertiary/aromatic N) is 1. The summed E-state index contributed by atoms with van der Waals surface area (Å²) >= 11 is 0. The Morgan fingerprint density at radius 1 is 1.17 bits per heavy atom. The quantitative estimate of drug-likeness (QED) is 0.848. The number of rotatable bonds is 4. The number of carbonyl (C=O) groups excluding carboxylic acids is 1. The van der Waals surface area contributed by atoms with Gasteiger partial charge < -0.3 is 9.64 Å². The molecule has 1 aliphatic rings. The molecule has 0 aromatic heterocycles. The van der Waals surface area contributed by atoms with Gasteiger partial charge in [0.05, 0.1) is 0 Å². The summed E-state index contributed by atoms with van der Waals surface area (Å²) in [4.78, 5) is 14.4. The third kappa shape index (κ3) is 3.55. The molecule has 3 rings (SSSR count). The van der Waals surface area contributed by atoms with Crippen LogP contribution in [0.25, 0.3) is 0 Å². The summed E-state index contributed by atoms with van der Waals surface area (Å²) in [7, 11) is 0. The lowest BCUT2D eigenvalue weighted by Crippen LogP contribution is -2.38. The lowest BCUT2D eigenvalue weighted by molar-refractivity contribution is -0.120. The Morgan fingerprint density at radius 2 is 2.00 bits per heavy atom. The van der Waals surface area contributed by atoms with E-state index in [1.807, 2.05) is 41.3 Å². The minimum absolute atomic E-state index is 0.0205. The maximum absolute atomic E-state index is 12.6. The molecule has 23 heavy (non-hydrogen) atoms. The van der Waals surface area contributed by atoms with Gasteiger partial charge in [-0.3, -0.25) is 4.79 Å². The Bertz CT molecular complexity index is 694. The molecule has 0 bridgehead atoms. The van der Waals surface area contributed by atoms with Crippen molar-refractivity contribution in [3.8, 4) is 5.75 Å². The third-order valence-electron chi connectivity index (χ3n) is 4.30. The highest BCUT2D eigenvalue weighted by atomic mass is 16.5. The summed E-state index contributed by atoms with van der Waals surface area (Å²) in [5.41, 5.74) is 3.50. The smallest absolute Gasteiger partial charge is 0.264 e. The summed E-state index contributed by atoms with van der Waals surface area (Å²) in [6, 6.07) is 16.1. The van der Waals surface area contributed by atoms with Crippen molar-refractivity contribution in [2.45, 2.75) is 32.6 Å². The number of para-hydroxylation sites is 1. The first kappa shape index (κ1) is 15.6. The van der Waals surface area contributed by atoms with Crippen LogP contribution >= 0.6 is 0 Å². The first-order valence-corrected chi connectivity index (χ1v) is 8.26. The second kappa shape index (κ2) is 6.86. The van der Waals surface area contributed by atoms with E-state index in [4.69, 9.17) is 4.74 Å². The highest BCUT2D eigenvalue weighted by Gasteiger charge is 2.22. The predicted molar refractivity (Wildman–Crippen MR) is 93.1 cm³/mol. The molecule has 2 aromatic carbocycles. The number of aryl methyl sites for hydroxylation is 1. The standard InChI is InChI=1S/C20H23NO2/c1-15(2)17-8-5-10-18(13-17)23-14-20(22)21-12-6-9-16-7-3-4-11-19(16)21/h3-5,7-8,10-11,13,15H,6,9,12,14H2,1-2H3. The fourth-order valence-corrected chi connectivity index (χ4v) is 2.98. The lowest BCUT2D eigenvalue weighted by atomic mass is 10.0. The predicted octanol–water partition coefficient (Wildman–Crippen LogP) is 4.17. The van der Waals surface area contributed by atoms with Gasteiger partial charge in [0.2, 0.25) is 0 Å². The van der Waals surface area contributed by atoms with Crippen LogP contribution in [0.15, 0.2) is 48.5 Å². The SMILES string of the molecule is CC(C)c1cccc(OCC(=O)N2CCCc3ccccc32)c1.